The summed E-state index contributed by atoms with van der Waals surface area (Å²) in [6.45, 7) is 1.21. The van der Waals surface area contributed by atoms with Crippen LogP contribution in [0, 0.1) is 0 Å². The van der Waals surface area contributed by atoms with Crippen LogP contribution in [-0.4, -0.2) is 39.4 Å². The zero-order valence-electron chi connectivity index (χ0n) is 9.93. The third-order valence-corrected chi connectivity index (χ3v) is 2.47. The molecule has 1 aromatic rings. The number of aliphatic hydroxyl groups is 1. The summed E-state index contributed by atoms with van der Waals surface area (Å²) < 4.78 is 6.10. The van der Waals surface area contributed by atoms with Crippen molar-refractivity contribution < 1.29 is 24.5 Å². The molecular weight excluding hydrogens is 226 g/mol. The molecule has 1 heterocycles. The van der Waals surface area contributed by atoms with E-state index in [1.54, 1.807) is 13.2 Å². The Morgan fingerprint density at radius 2 is 2.12 bits per heavy atom. The van der Waals surface area contributed by atoms with Gasteiger partial charge in [-0.25, -0.2) is 9.59 Å². The van der Waals surface area contributed by atoms with Crippen LogP contribution in [0.2, 0.25) is 0 Å². The zero-order valence-corrected chi connectivity index (χ0v) is 9.93. The number of nitrogens with zero attached hydrogens (tertiary/aromatic N) is 1. The Hall–Kier alpha value is -1.82. The number of carboxylic acids is 1. The number of esters is 1. The van der Waals surface area contributed by atoms with Crippen LogP contribution in [0.1, 0.15) is 23.0 Å². The van der Waals surface area contributed by atoms with E-state index in [0.717, 1.165) is 0 Å². The number of carbonyl (C=O) groups excluding carboxylic acids is 1. The van der Waals surface area contributed by atoms with Crippen molar-refractivity contribution in [2.75, 3.05) is 7.11 Å². The molecule has 1 unspecified atom stereocenters. The summed E-state index contributed by atoms with van der Waals surface area (Å²) in [4.78, 5) is 22.1. The average Bonchev–Trinajstić information content (AvgIpc) is 2.57. The maximum Gasteiger partial charge on any atom is 0.354 e. The molecular formula is C11H15NO5. The molecule has 0 aliphatic rings. The molecule has 17 heavy (non-hydrogen) atoms. The van der Waals surface area contributed by atoms with Gasteiger partial charge < -0.3 is 19.5 Å². The van der Waals surface area contributed by atoms with E-state index >= 15 is 0 Å². The second kappa shape index (κ2) is 4.58. The van der Waals surface area contributed by atoms with Gasteiger partial charge in [-0.3, -0.25) is 0 Å². The molecule has 1 atom stereocenters. The fraction of sp³-hybridized carbons (Fsp3) is 0.455. The minimum Gasteiger partial charge on any atom is -0.479 e. The number of aryl methyl sites for hydroxylation is 1. The molecule has 1 rings (SSSR count). The number of aliphatic carboxylic acids is 1. The maximum atomic E-state index is 11.3. The lowest BCUT2D eigenvalue weighted by molar-refractivity contribution is -0.156. The Labute approximate surface area is 98.4 Å². The van der Waals surface area contributed by atoms with Crippen LogP contribution in [-0.2, 0) is 23.0 Å². The lowest BCUT2D eigenvalue weighted by atomic mass is 9.98. The molecule has 0 saturated heterocycles. The minimum absolute atomic E-state index is 0.0762. The van der Waals surface area contributed by atoms with Crippen molar-refractivity contribution >= 4 is 11.9 Å². The Kier molecular flexibility index (Phi) is 3.57. The van der Waals surface area contributed by atoms with Gasteiger partial charge in [0.2, 0.25) is 0 Å². The van der Waals surface area contributed by atoms with Gasteiger partial charge in [0.25, 0.3) is 0 Å². The third kappa shape index (κ3) is 2.85. The van der Waals surface area contributed by atoms with E-state index in [1.165, 1.54) is 24.7 Å². The number of rotatable bonds is 4. The first-order chi connectivity index (χ1) is 7.77. The standard InChI is InChI=1S/C11H15NO5/c1-11(16,10(14)15)5-7-4-8(9(13)17-3)12(2)6-7/h4,6,16H,5H2,1-3H3,(H,14,15). The third-order valence-electron chi connectivity index (χ3n) is 2.47. The Bertz CT molecular complexity index is 447. The molecule has 0 aliphatic carbocycles. The Morgan fingerprint density at radius 1 is 1.53 bits per heavy atom. The number of hydrogen-bond donors (Lipinski definition) is 2. The molecule has 0 radical (unpaired) electrons. The van der Waals surface area contributed by atoms with E-state index < -0.39 is 17.5 Å². The molecule has 0 amide bonds. The van der Waals surface area contributed by atoms with Crippen LogP contribution >= 0.6 is 0 Å². The van der Waals surface area contributed by atoms with Crippen LogP contribution in [0.15, 0.2) is 12.3 Å². The summed E-state index contributed by atoms with van der Waals surface area (Å²) in [5, 5.41) is 18.4. The molecule has 94 valence electrons. The first-order valence-electron chi connectivity index (χ1n) is 4.97. The van der Waals surface area contributed by atoms with Gasteiger partial charge in [-0.2, -0.15) is 0 Å². The van der Waals surface area contributed by atoms with Crippen molar-refractivity contribution in [3.05, 3.63) is 23.5 Å². The first-order valence-corrected chi connectivity index (χ1v) is 4.97. The molecule has 0 aromatic carbocycles. The normalized spacial score (nSPS) is 14.1. The van der Waals surface area contributed by atoms with E-state index in [-0.39, 0.29) is 6.42 Å². The van der Waals surface area contributed by atoms with Gasteiger partial charge in [-0.15, -0.1) is 0 Å². The van der Waals surface area contributed by atoms with E-state index in [9.17, 15) is 14.7 Å². The summed E-state index contributed by atoms with van der Waals surface area (Å²) >= 11 is 0. The molecule has 1 aromatic heterocycles. The van der Waals surface area contributed by atoms with Gasteiger partial charge in [0.05, 0.1) is 7.11 Å². The summed E-state index contributed by atoms with van der Waals surface area (Å²) in [6.07, 6.45) is 1.51. The fourth-order valence-electron chi connectivity index (χ4n) is 1.51. The van der Waals surface area contributed by atoms with Crippen molar-refractivity contribution in [3.63, 3.8) is 0 Å². The van der Waals surface area contributed by atoms with Crippen LogP contribution in [0.3, 0.4) is 0 Å². The van der Waals surface area contributed by atoms with Crippen LogP contribution < -0.4 is 0 Å². The van der Waals surface area contributed by atoms with E-state index in [0.29, 0.717) is 11.3 Å². The van der Waals surface area contributed by atoms with Crippen molar-refractivity contribution in [1.82, 2.24) is 4.57 Å². The van der Waals surface area contributed by atoms with Gasteiger partial charge in [0, 0.05) is 19.7 Å². The monoisotopic (exact) mass is 241 g/mol. The highest BCUT2D eigenvalue weighted by Gasteiger charge is 2.31. The van der Waals surface area contributed by atoms with Crippen LogP contribution in [0.25, 0.3) is 0 Å². The van der Waals surface area contributed by atoms with Gasteiger partial charge in [-0.1, -0.05) is 0 Å². The smallest absolute Gasteiger partial charge is 0.354 e. The highest BCUT2D eigenvalue weighted by Crippen LogP contribution is 2.16. The highest BCUT2D eigenvalue weighted by molar-refractivity contribution is 5.88. The summed E-state index contributed by atoms with van der Waals surface area (Å²) in [7, 11) is 2.91. The molecule has 0 bridgehead atoms. The second-order valence-electron chi connectivity index (χ2n) is 4.09. The quantitative estimate of drug-likeness (QED) is 0.734. The Balaban J connectivity index is 2.95. The number of ether oxygens (including phenoxy) is 1. The first kappa shape index (κ1) is 13.2. The van der Waals surface area contributed by atoms with E-state index in [1.807, 2.05) is 0 Å². The SMILES string of the molecule is COC(=O)c1cc(CC(C)(O)C(=O)O)cn1C. The van der Waals surface area contributed by atoms with Crippen molar-refractivity contribution in [1.29, 1.82) is 0 Å². The molecule has 0 fully saturated rings. The Morgan fingerprint density at radius 3 is 2.59 bits per heavy atom. The predicted octanol–water partition coefficient (Wildman–Crippen LogP) is 0.190. The molecule has 6 heteroatoms. The molecule has 2 N–H and O–H groups in total. The van der Waals surface area contributed by atoms with Gasteiger partial charge >= 0.3 is 11.9 Å². The lowest BCUT2D eigenvalue weighted by Crippen LogP contribution is -2.37. The maximum absolute atomic E-state index is 11.3. The summed E-state index contributed by atoms with van der Waals surface area (Å²) in [6, 6.07) is 1.50. The summed E-state index contributed by atoms with van der Waals surface area (Å²) in [5.41, 5.74) is -0.988. The van der Waals surface area contributed by atoms with Gasteiger partial charge in [0.15, 0.2) is 5.60 Å². The van der Waals surface area contributed by atoms with Gasteiger partial charge in [-0.05, 0) is 18.6 Å². The molecule has 0 spiro atoms. The second-order valence-corrected chi connectivity index (χ2v) is 4.09. The average molecular weight is 241 g/mol. The highest BCUT2D eigenvalue weighted by atomic mass is 16.5. The fourth-order valence-corrected chi connectivity index (χ4v) is 1.51. The van der Waals surface area contributed by atoms with Crippen LogP contribution in [0.5, 0.6) is 0 Å². The van der Waals surface area contributed by atoms with E-state index in [2.05, 4.69) is 4.74 Å². The predicted molar refractivity (Wildman–Crippen MR) is 58.7 cm³/mol. The van der Waals surface area contributed by atoms with Crippen molar-refractivity contribution in [2.45, 2.75) is 18.9 Å². The summed E-state index contributed by atoms with van der Waals surface area (Å²) in [5.74, 6) is -1.81. The number of carbonyl (C=O) groups is 2. The van der Waals surface area contributed by atoms with E-state index in [4.69, 9.17) is 5.11 Å². The van der Waals surface area contributed by atoms with Gasteiger partial charge in [0.1, 0.15) is 5.69 Å². The molecule has 0 aliphatic heterocycles. The topological polar surface area (TPSA) is 88.8 Å². The van der Waals surface area contributed by atoms with Crippen molar-refractivity contribution in [3.8, 4) is 0 Å². The number of aromatic nitrogens is 1. The lowest BCUT2D eigenvalue weighted by Gasteiger charge is -2.16. The molecule has 6 nitrogen and oxygen atoms in total. The minimum atomic E-state index is -1.85. The van der Waals surface area contributed by atoms with Crippen LogP contribution in [0.4, 0.5) is 0 Å². The number of methoxy groups -OCH3 is 1. The number of carboxylic acid groups (broad SMARTS) is 1. The molecule has 0 saturated carbocycles. The zero-order chi connectivity index (χ0) is 13.2. The largest absolute Gasteiger partial charge is 0.479 e. The number of hydrogen-bond acceptors (Lipinski definition) is 4. The van der Waals surface area contributed by atoms with Crippen molar-refractivity contribution in [2.24, 2.45) is 7.05 Å².